The molecule has 1 atom stereocenters. The van der Waals surface area contributed by atoms with Crippen molar-refractivity contribution in [1.29, 1.82) is 0 Å². The Bertz CT molecular complexity index is 1050. The van der Waals surface area contributed by atoms with E-state index >= 15 is 0 Å². The minimum absolute atomic E-state index is 0.0240. The normalized spacial score (nSPS) is 21.4. The van der Waals surface area contributed by atoms with Gasteiger partial charge in [0.05, 0.1) is 18.0 Å². The van der Waals surface area contributed by atoms with E-state index in [1.807, 2.05) is 35.8 Å². The standard InChI is InChI=1S/C26H33N5O2/c1-17-11-12-20(15-27-17)26(33)30-13-7-6-10-22(30)24-28-18(2)21-14-23(32)31(25(21)29-24)16-19-8-4-3-5-9-19/h11-12,15,19,22H,3-10,13-14,16H2,1-2H3/t22-/m0/s1. The van der Waals surface area contributed by atoms with Gasteiger partial charge in [-0.05, 0) is 64.0 Å². The van der Waals surface area contributed by atoms with Gasteiger partial charge in [0.15, 0.2) is 5.82 Å². The molecular formula is C26H33N5O2. The zero-order chi connectivity index (χ0) is 22.9. The van der Waals surface area contributed by atoms with Crippen molar-refractivity contribution >= 4 is 17.6 Å². The fraction of sp³-hybridized carbons (Fsp3) is 0.577. The molecule has 0 N–H and O–H groups in total. The number of rotatable bonds is 4. The summed E-state index contributed by atoms with van der Waals surface area (Å²) in [4.78, 5) is 44.2. The van der Waals surface area contributed by atoms with Crippen LogP contribution in [0.1, 0.15) is 90.5 Å². The number of anilines is 1. The maximum absolute atomic E-state index is 13.4. The fourth-order valence-electron chi connectivity index (χ4n) is 5.57. The highest BCUT2D eigenvalue weighted by Crippen LogP contribution is 2.36. The number of fused-ring (bicyclic) bond motifs is 1. The SMILES string of the molecule is Cc1ccc(C(=O)N2CCCC[C@H]2c2nc(C)c3c(n2)N(CC2CCCCC2)C(=O)C3)cn1. The molecular weight excluding hydrogens is 414 g/mol. The van der Waals surface area contributed by atoms with Crippen LogP contribution in [0.2, 0.25) is 0 Å². The average Bonchev–Trinajstić information content (AvgIpc) is 3.15. The van der Waals surface area contributed by atoms with E-state index in [-0.39, 0.29) is 17.9 Å². The third-order valence-corrected chi connectivity index (χ3v) is 7.48. The molecule has 1 saturated carbocycles. The Morgan fingerprint density at radius 3 is 2.58 bits per heavy atom. The molecule has 174 valence electrons. The van der Waals surface area contributed by atoms with Crippen LogP contribution in [0, 0.1) is 19.8 Å². The predicted octanol–water partition coefficient (Wildman–Crippen LogP) is 4.33. The second-order valence-corrected chi connectivity index (χ2v) is 9.85. The van der Waals surface area contributed by atoms with Gasteiger partial charge in [-0.25, -0.2) is 9.97 Å². The molecule has 1 aliphatic carbocycles. The van der Waals surface area contributed by atoms with Crippen molar-refractivity contribution in [2.45, 2.75) is 77.7 Å². The summed E-state index contributed by atoms with van der Waals surface area (Å²) in [5.74, 6) is 2.11. The second kappa shape index (κ2) is 9.20. The summed E-state index contributed by atoms with van der Waals surface area (Å²) in [7, 11) is 0. The number of carbonyl (C=O) groups is 2. The molecule has 0 unspecified atom stereocenters. The number of hydrogen-bond acceptors (Lipinski definition) is 5. The molecule has 7 heteroatoms. The first kappa shape index (κ1) is 22.0. The van der Waals surface area contributed by atoms with Crippen molar-refractivity contribution in [2.24, 2.45) is 5.92 Å². The monoisotopic (exact) mass is 447 g/mol. The Morgan fingerprint density at radius 2 is 1.82 bits per heavy atom. The molecule has 1 saturated heterocycles. The van der Waals surface area contributed by atoms with Gasteiger partial charge in [-0.2, -0.15) is 0 Å². The lowest BCUT2D eigenvalue weighted by molar-refractivity contribution is -0.117. The number of carbonyl (C=O) groups excluding carboxylic acids is 2. The average molecular weight is 448 g/mol. The zero-order valence-electron chi connectivity index (χ0n) is 19.7. The molecule has 0 radical (unpaired) electrons. The third-order valence-electron chi connectivity index (χ3n) is 7.48. The van der Waals surface area contributed by atoms with E-state index in [1.54, 1.807) is 6.20 Å². The molecule has 4 heterocycles. The van der Waals surface area contributed by atoms with Crippen molar-refractivity contribution in [2.75, 3.05) is 18.0 Å². The quantitative estimate of drug-likeness (QED) is 0.697. The van der Waals surface area contributed by atoms with Crippen LogP contribution in [-0.2, 0) is 11.2 Å². The summed E-state index contributed by atoms with van der Waals surface area (Å²) in [5.41, 5.74) is 3.31. The van der Waals surface area contributed by atoms with E-state index in [1.165, 1.54) is 32.1 Å². The number of nitrogens with zero attached hydrogens (tertiary/aromatic N) is 5. The highest BCUT2D eigenvalue weighted by Gasteiger charge is 2.36. The van der Waals surface area contributed by atoms with E-state index < -0.39 is 0 Å². The summed E-state index contributed by atoms with van der Waals surface area (Å²) in [6.07, 6.45) is 11.0. The number of aryl methyl sites for hydroxylation is 2. The lowest BCUT2D eigenvalue weighted by Gasteiger charge is -2.35. The number of piperidine rings is 1. The van der Waals surface area contributed by atoms with Gasteiger partial charge in [-0.15, -0.1) is 0 Å². The Labute approximate surface area is 195 Å². The van der Waals surface area contributed by atoms with Crippen molar-refractivity contribution in [1.82, 2.24) is 19.9 Å². The number of pyridine rings is 1. The lowest BCUT2D eigenvalue weighted by atomic mass is 9.89. The molecule has 2 amide bonds. The third kappa shape index (κ3) is 4.37. The maximum atomic E-state index is 13.4. The molecule has 7 nitrogen and oxygen atoms in total. The van der Waals surface area contributed by atoms with Gasteiger partial charge in [-0.3, -0.25) is 19.5 Å². The molecule has 3 aliphatic rings. The largest absolute Gasteiger partial charge is 0.328 e. The number of likely N-dealkylation sites (tertiary alicyclic amines) is 1. The van der Waals surface area contributed by atoms with E-state index in [0.717, 1.165) is 48.6 Å². The van der Waals surface area contributed by atoms with Crippen molar-refractivity contribution < 1.29 is 9.59 Å². The second-order valence-electron chi connectivity index (χ2n) is 9.85. The smallest absolute Gasteiger partial charge is 0.256 e. The van der Waals surface area contributed by atoms with Gasteiger partial charge in [0, 0.05) is 36.2 Å². The van der Waals surface area contributed by atoms with E-state index in [4.69, 9.17) is 9.97 Å². The van der Waals surface area contributed by atoms with Crippen molar-refractivity contribution in [3.8, 4) is 0 Å². The summed E-state index contributed by atoms with van der Waals surface area (Å²) >= 11 is 0. The van der Waals surface area contributed by atoms with Crippen LogP contribution >= 0.6 is 0 Å². The van der Waals surface area contributed by atoms with Crippen LogP contribution in [-0.4, -0.2) is 44.8 Å². The number of aromatic nitrogens is 3. The maximum Gasteiger partial charge on any atom is 0.256 e. The number of hydrogen-bond donors (Lipinski definition) is 0. The first-order valence-electron chi connectivity index (χ1n) is 12.4. The van der Waals surface area contributed by atoms with Crippen LogP contribution in [0.4, 0.5) is 5.82 Å². The molecule has 0 spiro atoms. The van der Waals surface area contributed by atoms with Crippen molar-refractivity contribution in [3.05, 3.63) is 46.7 Å². The molecule has 2 aliphatic heterocycles. The Hall–Kier alpha value is -2.83. The molecule has 2 fully saturated rings. The Balaban J connectivity index is 1.44. The van der Waals surface area contributed by atoms with Gasteiger partial charge in [0.2, 0.25) is 5.91 Å². The first-order valence-corrected chi connectivity index (χ1v) is 12.4. The van der Waals surface area contributed by atoms with Crippen LogP contribution < -0.4 is 4.90 Å². The van der Waals surface area contributed by atoms with E-state index in [0.29, 0.717) is 30.3 Å². The van der Waals surface area contributed by atoms with Gasteiger partial charge in [-0.1, -0.05) is 19.3 Å². The van der Waals surface area contributed by atoms with Crippen LogP contribution in [0.15, 0.2) is 18.3 Å². The zero-order valence-corrected chi connectivity index (χ0v) is 19.7. The van der Waals surface area contributed by atoms with Crippen LogP contribution in [0.3, 0.4) is 0 Å². The van der Waals surface area contributed by atoms with Gasteiger partial charge in [0.1, 0.15) is 5.82 Å². The highest BCUT2D eigenvalue weighted by atomic mass is 16.2. The summed E-state index contributed by atoms with van der Waals surface area (Å²) in [6, 6.07) is 3.54. The summed E-state index contributed by atoms with van der Waals surface area (Å²) < 4.78 is 0. The predicted molar refractivity (Wildman–Crippen MR) is 126 cm³/mol. The molecule has 33 heavy (non-hydrogen) atoms. The van der Waals surface area contributed by atoms with Gasteiger partial charge >= 0.3 is 0 Å². The van der Waals surface area contributed by atoms with Gasteiger partial charge in [0.25, 0.3) is 5.91 Å². The lowest BCUT2D eigenvalue weighted by Crippen LogP contribution is -2.39. The first-order chi connectivity index (χ1) is 16.0. The fourth-order valence-corrected chi connectivity index (χ4v) is 5.57. The topological polar surface area (TPSA) is 79.3 Å². The molecule has 2 aromatic heterocycles. The molecule has 0 bridgehead atoms. The van der Waals surface area contributed by atoms with Gasteiger partial charge < -0.3 is 4.90 Å². The number of amides is 2. The summed E-state index contributed by atoms with van der Waals surface area (Å²) in [6.45, 7) is 5.32. The highest BCUT2D eigenvalue weighted by molar-refractivity contribution is 6.00. The molecule has 0 aromatic carbocycles. The Kier molecular flexibility index (Phi) is 6.13. The van der Waals surface area contributed by atoms with E-state index in [9.17, 15) is 9.59 Å². The van der Waals surface area contributed by atoms with Crippen LogP contribution in [0.5, 0.6) is 0 Å². The summed E-state index contributed by atoms with van der Waals surface area (Å²) in [5, 5.41) is 0. The minimum atomic E-state index is -0.177. The minimum Gasteiger partial charge on any atom is -0.328 e. The van der Waals surface area contributed by atoms with Crippen molar-refractivity contribution in [3.63, 3.8) is 0 Å². The van der Waals surface area contributed by atoms with E-state index in [2.05, 4.69) is 4.98 Å². The molecule has 5 rings (SSSR count). The van der Waals surface area contributed by atoms with Crippen LogP contribution in [0.25, 0.3) is 0 Å². The Morgan fingerprint density at radius 1 is 1.03 bits per heavy atom. The molecule has 2 aromatic rings.